The summed E-state index contributed by atoms with van der Waals surface area (Å²) in [6.45, 7) is 15.2. The minimum atomic E-state index is -1.72. The Kier molecular flexibility index (Phi) is 8.05. The summed E-state index contributed by atoms with van der Waals surface area (Å²) < 4.78 is 11.6. The van der Waals surface area contributed by atoms with Gasteiger partial charge in [-0.1, -0.05) is 32.0 Å². The second kappa shape index (κ2) is 10.1. The SMILES string of the molecule is CC(C)[Si](C)(C)OCc1cccc(-c2cc(C#N)cc(CNC(=O)OC(C)(C)C)c2)c1. The van der Waals surface area contributed by atoms with Crippen LogP contribution in [0.4, 0.5) is 4.79 Å². The van der Waals surface area contributed by atoms with Gasteiger partial charge >= 0.3 is 6.09 Å². The number of hydrogen-bond acceptors (Lipinski definition) is 4. The molecule has 2 rings (SSSR count). The summed E-state index contributed by atoms with van der Waals surface area (Å²) in [5, 5.41) is 12.2. The molecule has 1 N–H and O–H groups in total. The molecule has 5 nitrogen and oxygen atoms in total. The number of nitriles is 1. The number of benzene rings is 2. The molecule has 0 saturated carbocycles. The molecule has 0 heterocycles. The van der Waals surface area contributed by atoms with Gasteiger partial charge in [-0.3, -0.25) is 0 Å². The fourth-order valence-corrected chi connectivity index (χ4v) is 3.66. The molecule has 0 aromatic heterocycles. The van der Waals surface area contributed by atoms with E-state index in [9.17, 15) is 10.1 Å². The number of ether oxygens (including phenoxy) is 1. The zero-order valence-corrected chi connectivity index (χ0v) is 20.7. The fourth-order valence-electron chi connectivity index (χ4n) is 2.79. The lowest BCUT2D eigenvalue weighted by atomic mass is 9.98. The first-order chi connectivity index (χ1) is 14.4. The molecule has 0 bridgehead atoms. The number of hydrogen-bond donors (Lipinski definition) is 1. The van der Waals surface area contributed by atoms with E-state index in [1.54, 1.807) is 6.07 Å². The van der Waals surface area contributed by atoms with Crippen molar-refractivity contribution >= 4 is 14.4 Å². The van der Waals surface area contributed by atoms with Crippen molar-refractivity contribution in [2.75, 3.05) is 0 Å². The van der Waals surface area contributed by atoms with Crippen molar-refractivity contribution in [3.63, 3.8) is 0 Å². The number of amides is 1. The van der Waals surface area contributed by atoms with Gasteiger partial charge in [0, 0.05) is 6.54 Å². The molecule has 0 spiro atoms. The number of rotatable bonds is 7. The Morgan fingerprint density at radius 1 is 1.10 bits per heavy atom. The predicted octanol–water partition coefficient (Wildman–Crippen LogP) is 6.38. The van der Waals surface area contributed by atoms with Crippen LogP contribution in [0.25, 0.3) is 11.1 Å². The van der Waals surface area contributed by atoms with E-state index in [1.165, 1.54) is 0 Å². The van der Waals surface area contributed by atoms with Crippen molar-refractivity contribution in [3.8, 4) is 17.2 Å². The predicted molar refractivity (Wildman–Crippen MR) is 127 cm³/mol. The van der Waals surface area contributed by atoms with Gasteiger partial charge in [-0.05, 0) is 85.9 Å². The number of carbonyl (C=O) groups excluding carboxylic acids is 1. The van der Waals surface area contributed by atoms with Crippen LogP contribution in [0.15, 0.2) is 42.5 Å². The van der Waals surface area contributed by atoms with E-state index >= 15 is 0 Å². The van der Waals surface area contributed by atoms with Gasteiger partial charge in [-0.25, -0.2) is 4.79 Å². The molecule has 0 aliphatic heterocycles. The van der Waals surface area contributed by atoms with Gasteiger partial charge in [-0.15, -0.1) is 0 Å². The Labute approximate surface area is 187 Å². The summed E-state index contributed by atoms with van der Waals surface area (Å²) in [4.78, 5) is 12.0. The number of nitrogens with zero attached hydrogens (tertiary/aromatic N) is 1. The van der Waals surface area contributed by atoms with Crippen LogP contribution in [0.5, 0.6) is 0 Å². The number of carbonyl (C=O) groups is 1. The molecule has 1 amide bonds. The molecule has 0 aliphatic carbocycles. The lowest BCUT2D eigenvalue weighted by Crippen LogP contribution is -2.33. The Hall–Kier alpha value is -2.62. The maximum absolute atomic E-state index is 12.0. The Morgan fingerprint density at radius 2 is 1.77 bits per heavy atom. The average molecular weight is 439 g/mol. The normalized spacial score (nSPS) is 11.8. The third-order valence-corrected chi connectivity index (χ3v) is 8.89. The first-order valence-electron chi connectivity index (χ1n) is 10.6. The Balaban J connectivity index is 2.20. The van der Waals surface area contributed by atoms with Crippen LogP contribution in [0.3, 0.4) is 0 Å². The number of nitrogens with one attached hydrogen (secondary N) is 1. The van der Waals surface area contributed by atoms with E-state index in [2.05, 4.69) is 50.5 Å². The van der Waals surface area contributed by atoms with Gasteiger partial charge in [0.25, 0.3) is 0 Å². The number of alkyl carbamates (subject to hydrolysis) is 1. The van der Waals surface area contributed by atoms with Crippen molar-refractivity contribution in [3.05, 3.63) is 59.2 Å². The third-order valence-electron chi connectivity index (χ3n) is 5.22. The second-order valence-corrected chi connectivity index (χ2v) is 14.3. The van der Waals surface area contributed by atoms with E-state index in [-0.39, 0.29) is 6.54 Å². The summed E-state index contributed by atoms with van der Waals surface area (Å²) >= 11 is 0. The molecule has 166 valence electrons. The molecule has 2 aromatic rings. The lowest BCUT2D eigenvalue weighted by molar-refractivity contribution is 0.0523. The summed E-state index contributed by atoms with van der Waals surface area (Å²) in [6, 6.07) is 16.1. The van der Waals surface area contributed by atoms with Crippen molar-refractivity contribution in [2.45, 2.75) is 72.0 Å². The lowest BCUT2D eigenvalue weighted by Gasteiger charge is -2.27. The second-order valence-electron chi connectivity index (χ2n) is 9.63. The maximum atomic E-state index is 12.0. The molecule has 2 aromatic carbocycles. The molecule has 0 atom stereocenters. The summed E-state index contributed by atoms with van der Waals surface area (Å²) in [5.41, 5.74) is 4.43. The molecular weight excluding hydrogens is 404 g/mol. The summed E-state index contributed by atoms with van der Waals surface area (Å²) in [6.07, 6.45) is -0.479. The topological polar surface area (TPSA) is 71.3 Å². The van der Waals surface area contributed by atoms with E-state index in [0.717, 1.165) is 22.3 Å². The van der Waals surface area contributed by atoms with Crippen LogP contribution in [0.2, 0.25) is 18.6 Å². The van der Waals surface area contributed by atoms with Crippen LogP contribution >= 0.6 is 0 Å². The summed E-state index contributed by atoms with van der Waals surface area (Å²) in [5.74, 6) is 0. The van der Waals surface area contributed by atoms with Crippen molar-refractivity contribution < 1.29 is 14.0 Å². The highest BCUT2D eigenvalue weighted by Gasteiger charge is 2.26. The molecule has 0 saturated heterocycles. The smallest absolute Gasteiger partial charge is 0.407 e. The molecule has 0 fully saturated rings. The van der Waals surface area contributed by atoms with Gasteiger partial charge < -0.3 is 14.5 Å². The zero-order valence-electron chi connectivity index (χ0n) is 19.7. The van der Waals surface area contributed by atoms with Gasteiger partial charge in [0.05, 0.1) is 18.2 Å². The van der Waals surface area contributed by atoms with E-state index in [0.29, 0.717) is 17.7 Å². The van der Waals surface area contributed by atoms with Gasteiger partial charge in [0.15, 0.2) is 8.32 Å². The Morgan fingerprint density at radius 3 is 2.39 bits per heavy atom. The maximum Gasteiger partial charge on any atom is 0.407 e. The van der Waals surface area contributed by atoms with Crippen molar-refractivity contribution in [1.29, 1.82) is 5.26 Å². The molecule has 6 heteroatoms. The van der Waals surface area contributed by atoms with E-state index in [1.807, 2.05) is 45.0 Å². The first kappa shape index (κ1) is 24.6. The highest BCUT2D eigenvalue weighted by Crippen LogP contribution is 2.26. The highest BCUT2D eigenvalue weighted by molar-refractivity contribution is 6.72. The van der Waals surface area contributed by atoms with Gasteiger partial charge in [0.1, 0.15) is 5.60 Å². The molecular formula is C25H34N2O3Si. The Bertz CT molecular complexity index is 956. The third kappa shape index (κ3) is 7.85. The van der Waals surface area contributed by atoms with Gasteiger partial charge in [-0.2, -0.15) is 5.26 Å². The van der Waals surface area contributed by atoms with Crippen LogP contribution in [0.1, 0.15) is 51.3 Å². The molecule has 31 heavy (non-hydrogen) atoms. The highest BCUT2D eigenvalue weighted by atomic mass is 28.4. The monoisotopic (exact) mass is 438 g/mol. The van der Waals surface area contributed by atoms with E-state index in [4.69, 9.17) is 9.16 Å². The molecule has 0 radical (unpaired) electrons. The summed E-state index contributed by atoms with van der Waals surface area (Å²) in [7, 11) is -1.72. The minimum Gasteiger partial charge on any atom is -0.444 e. The van der Waals surface area contributed by atoms with Crippen LogP contribution in [0, 0.1) is 11.3 Å². The largest absolute Gasteiger partial charge is 0.444 e. The van der Waals surface area contributed by atoms with Crippen LogP contribution < -0.4 is 5.32 Å². The first-order valence-corrected chi connectivity index (χ1v) is 13.6. The average Bonchev–Trinajstić information content (AvgIpc) is 2.69. The standard InChI is InChI=1S/C25H34N2O3Si/c1-18(2)31(6,7)29-17-19-9-8-10-22(12-19)23-13-20(15-26)11-21(14-23)16-27-24(28)30-25(3,4)5/h8-14,18H,16-17H2,1-7H3,(H,27,28). The van der Waals surface area contributed by atoms with Crippen molar-refractivity contribution in [1.82, 2.24) is 5.32 Å². The zero-order chi connectivity index (χ0) is 23.2. The minimum absolute atomic E-state index is 0.286. The van der Waals surface area contributed by atoms with E-state index < -0.39 is 20.0 Å². The van der Waals surface area contributed by atoms with Crippen LogP contribution in [-0.2, 0) is 22.3 Å². The quantitative estimate of drug-likeness (QED) is 0.509. The van der Waals surface area contributed by atoms with Crippen molar-refractivity contribution in [2.24, 2.45) is 0 Å². The molecule has 0 unspecified atom stereocenters. The fraction of sp³-hybridized carbons (Fsp3) is 0.440. The van der Waals surface area contributed by atoms with Crippen LogP contribution in [-0.4, -0.2) is 20.0 Å². The molecule has 0 aliphatic rings. The van der Waals surface area contributed by atoms with Gasteiger partial charge in [0.2, 0.25) is 0 Å².